The summed E-state index contributed by atoms with van der Waals surface area (Å²) in [5.41, 5.74) is 0.733. The lowest BCUT2D eigenvalue weighted by molar-refractivity contribution is 0.145. The summed E-state index contributed by atoms with van der Waals surface area (Å²) in [6, 6.07) is 10.8. The first kappa shape index (κ1) is 12.5. The summed E-state index contributed by atoms with van der Waals surface area (Å²) in [6.45, 7) is 2.65. The molecule has 0 spiro atoms. The summed E-state index contributed by atoms with van der Waals surface area (Å²) in [5, 5.41) is 3.87. The second kappa shape index (κ2) is 5.62. The molecule has 0 aliphatic heterocycles. The van der Waals surface area contributed by atoms with Crippen molar-refractivity contribution >= 4 is 0 Å². The van der Waals surface area contributed by atoms with Crippen molar-refractivity contribution in [1.82, 2.24) is 9.78 Å². The number of alkyl halides is 2. The fourth-order valence-corrected chi connectivity index (χ4v) is 1.66. The van der Waals surface area contributed by atoms with Gasteiger partial charge in [-0.05, 0) is 12.5 Å². The third-order valence-electron chi connectivity index (χ3n) is 2.45. The number of hydrogen-bond acceptors (Lipinski definition) is 2. The zero-order valence-electron chi connectivity index (χ0n) is 10.0. The van der Waals surface area contributed by atoms with E-state index < -0.39 is 6.43 Å². The van der Waals surface area contributed by atoms with Crippen molar-refractivity contribution < 1.29 is 13.5 Å². The standard InChI is InChI=1S/C13H14F2N2O/c1-2-18-12-8-11(13(14)15)16-17(12)9-10-6-4-3-5-7-10/h3-8,13H,2,9H2,1H3. The van der Waals surface area contributed by atoms with Gasteiger partial charge in [0.1, 0.15) is 5.69 Å². The Kier molecular flexibility index (Phi) is 3.92. The molecule has 0 saturated heterocycles. The number of aromatic nitrogens is 2. The van der Waals surface area contributed by atoms with Gasteiger partial charge in [-0.2, -0.15) is 5.10 Å². The summed E-state index contributed by atoms with van der Waals surface area (Å²) >= 11 is 0. The van der Waals surface area contributed by atoms with Crippen molar-refractivity contribution in [1.29, 1.82) is 0 Å². The van der Waals surface area contributed by atoms with Crippen LogP contribution in [-0.4, -0.2) is 16.4 Å². The molecule has 96 valence electrons. The van der Waals surface area contributed by atoms with Crippen molar-refractivity contribution in [3.8, 4) is 5.88 Å². The molecule has 18 heavy (non-hydrogen) atoms. The Hall–Kier alpha value is -1.91. The Labute approximate surface area is 104 Å². The van der Waals surface area contributed by atoms with Crippen LogP contribution in [0, 0.1) is 0 Å². The first-order chi connectivity index (χ1) is 8.70. The third kappa shape index (κ3) is 2.85. The van der Waals surface area contributed by atoms with E-state index in [1.807, 2.05) is 37.3 Å². The molecule has 1 heterocycles. The highest BCUT2D eigenvalue weighted by Crippen LogP contribution is 2.23. The molecule has 0 aliphatic rings. The lowest BCUT2D eigenvalue weighted by atomic mass is 10.2. The van der Waals surface area contributed by atoms with E-state index in [4.69, 9.17) is 4.74 Å². The molecular formula is C13H14F2N2O. The molecule has 0 aliphatic carbocycles. The van der Waals surface area contributed by atoms with Crippen molar-refractivity contribution in [2.45, 2.75) is 19.9 Å². The first-order valence-corrected chi connectivity index (χ1v) is 5.73. The lowest BCUT2D eigenvalue weighted by Gasteiger charge is -2.07. The molecule has 0 radical (unpaired) electrons. The summed E-state index contributed by atoms with van der Waals surface area (Å²) < 4.78 is 32.0. The van der Waals surface area contributed by atoms with Gasteiger partial charge in [0.25, 0.3) is 6.43 Å². The van der Waals surface area contributed by atoms with E-state index in [0.717, 1.165) is 5.56 Å². The van der Waals surface area contributed by atoms with Crippen LogP contribution in [-0.2, 0) is 6.54 Å². The monoisotopic (exact) mass is 252 g/mol. The molecule has 0 fully saturated rings. The normalized spacial score (nSPS) is 10.9. The molecule has 5 heteroatoms. The SMILES string of the molecule is CCOc1cc(C(F)F)nn1Cc1ccccc1. The number of benzene rings is 1. The zero-order valence-corrected chi connectivity index (χ0v) is 10.0. The van der Waals surface area contributed by atoms with Gasteiger partial charge in [0.05, 0.1) is 13.2 Å². The van der Waals surface area contributed by atoms with Crippen LogP contribution < -0.4 is 4.74 Å². The van der Waals surface area contributed by atoms with Crippen LogP contribution in [0.3, 0.4) is 0 Å². The Balaban J connectivity index is 2.25. The van der Waals surface area contributed by atoms with Gasteiger partial charge in [0.15, 0.2) is 0 Å². The molecule has 0 saturated carbocycles. The Morgan fingerprint density at radius 2 is 2.00 bits per heavy atom. The van der Waals surface area contributed by atoms with Gasteiger partial charge in [0.2, 0.25) is 5.88 Å². The number of ether oxygens (including phenoxy) is 1. The third-order valence-corrected chi connectivity index (χ3v) is 2.45. The van der Waals surface area contributed by atoms with Gasteiger partial charge in [-0.3, -0.25) is 0 Å². The van der Waals surface area contributed by atoms with E-state index in [-0.39, 0.29) is 5.69 Å². The number of hydrogen-bond donors (Lipinski definition) is 0. The minimum atomic E-state index is -2.58. The molecular weight excluding hydrogens is 238 g/mol. The van der Waals surface area contributed by atoms with E-state index in [2.05, 4.69) is 5.10 Å². The van der Waals surface area contributed by atoms with Crippen LogP contribution in [0.2, 0.25) is 0 Å². The fraction of sp³-hybridized carbons (Fsp3) is 0.308. The Morgan fingerprint density at radius 1 is 1.28 bits per heavy atom. The summed E-state index contributed by atoms with van der Waals surface area (Å²) in [4.78, 5) is 0. The van der Waals surface area contributed by atoms with E-state index in [9.17, 15) is 8.78 Å². The molecule has 0 unspecified atom stereocenters. The van der Waals surface area contributed by atoms with Crippen molar-refractivity contribution in [2.75, 3.05) is 6.61 Å². The fourth-order valence-electron chi connectivity index (χ4n) is 1.66. The highest BCUT2D eigenvalue weighted by Gasteiger charge is 2.16. The second-order valence-electron chi connectivity index (χ2n) is 3.78. The minimum absolute atomic E-state index is 0.255. The summed E-state index contributed by atoms with van der Waals surface area (Å²) in [7, 11) is 0. The van der Waals surface area contributed by atoms with Gasteiger partial charge in [-0.25, -0.2) is 13.5 Å². The molecule has 3 nitrogen and oxygen atoms in total. The van der Waals surface area contributed by atoms with E-state index in [1.54, 1.807) is 0 Å². The van der Waals surface area contributed by atoms with Gasteiger partial charge in [-0.15, -0.1) is 0 Å². The molecule has 1 aromatic carbocycles. The van der Waals surface area contributed by atoms with Crippen molar-refractivity contribution in [3.63, 3.8) is 0 Å². The number of rotatable bonds is 5. The zero-order chi connectivity index (χ0) is 13.0. The van der Waals surface area contributed by atoms with Gasteiger partial charge >= 0.3 is 0 Å². The van der Waals surface area contributed by atoms with Crippen molar-refractivity contribution in [3.05, 3.63) is 47.7 Å². The maximum Gasteiger partial charge on any atom is 0.282 e. The number of nitrogens with zero attached hydrogens (tertiary/aromatic N) is 2. The predicted molar refractivity (Wildman–Crippen MR) is 63.9 cm³/mol. The van der Waals surface area contributed by atoms with E-state index in [1.165, 1.54) is 10.7 Å². The van der Waals surface area contributed by atoms with E-state index >= 15 is 0 Å². The Bertz CT molecular complexity index is 497. The highest BCUT2D eigenvalue weighted by atomic mass is 19.3. The number of halogens is 2. The average Bonchev–Trinajstić information content (AvgIpc) is 2.75. The van der Waals surface area contributed by atoms with Crippen LogP contribution in [0.4, 0.5) is 8.78 Å². The van der Waals surface area contributed by atoms with Crippen molar-refractivity contribution in [2.24, 2.45) is 0 Å². The second-order valence-corrected chi connectivity index (χ2v) is 3.78. The van der Waals surface area contributed by atoms with Gasteiger partial charge < -0.3 is 4.74 Å². The molecule has 2 rings (SSSR count). The van der Waals surface area contributed by atoms with Crippen LogP contribution in [0.25, 0.3) is 0 Å². The topological polar surface area (TPSA) is 27.1 Å². The Morgan fingerprint density at radius 3 is 2.61 bits per heavy atom. The van der Waals surface area contributed by atoms with Crippen LogP contribution >= 0.6 is 0 Å². The van der Waals surface area contributed by atoms with Crippen LogP contribution in [0.5, 0.6) is 5.88 Å². The first-order valence-electron chi connectivity index (χ1n) is 5.73. The predicted octanol–water partition coefficient (Wildman–Crippen LogP) is 3.27. The highest BCUT2D eigenvalue weighted by molar-refractivity contribution is 5.21. The summed E-state index contributed by atoms with van der Waals surface area (Å²) in [5.74, 6) is 0.372. The van der Waals surface area contributed by atoms with Crippen LogP contribution in [0.1, 0.15) is 24.6 Å². The molecule has 2 aromatic rings. The lowest BCUT2D eigenvalue weighted by Crippen LogP contribution is -2.06. The molecule has 0 N–H and O–H groups in total. The maximum atomic E-state index is 12.6. The largest absolute Gasteiger partial charge is 0.478 e. The van der Waals surface area contributed by atoms with Gasteiger partial charge in [-0.1, -0.05) is 30.3 Å². The van der Waals surface area contributed by atoms with Crippen LogP contribution in [0.15, 0.2) is 36.4 Å². The molecule has 1 aromatic heterocycles. The summed E-state index contributed by atoms with van der Waals surface area (Å²) in [6.07, 6.45) is -2.58. The van der Waals surface area contributed by atoms with E-state index in [0.29, 0.717) is 19.0 Å². The average molecular weight is 252 g/mol. The molecule has 0 atom stereocenters. The van der Waals surface area contributed by atoms with Gasteiger partial charge in [0, 0.05) is 6.07 Å². The maximum absolute atomic E-state index is 12.6. The quantitative estimate of drug-likeness (QED) is 0.816. The molecule has 0 bridgehead atoms. The minimum Gasteiger partial charge on any atom is -0.478 e. The molecule has 0 amide bonds. The smallest absolute Gasteiger partial charge is 0.282 e.